The SMILES string of the molecule is C/C=C/C[C@@H](C)[C@@H](O)[C@@H]1CC(=O)[C@H](C(C)C)N(C)C(=O)[C@H](CC(C)C)CC(=O)[C@H](CC(C)C)N(C)CC(=O)[C@@H](C)NC(=O)[C@H](C)CC(=O)[C@H](CC(C)C)N(C)C(=O)[C@H](C(C)C)CC(=O)[C@H]([C@@H](C)OCc2ccccc2)N(C)C(=O)CCC(=O)[C@H](CC)NC1=O. The molecular formula is C70H114N6O13. The zero-order valence-corrected chi connectivity index (χ0v) is 57.8. The summed E-state index contributed by atoms with van der Waals surface area (Å²) >= 11 is 0. The number of benzene rings is 1. The molecule has 5 amide bonds. The van der Waals surface area contributed by atoms with Gasteiger partial charge in [0, 0.05) is 77.4 Å². The monoisotopic (exact) mass is 1250 g/mol. The Bertz CT molecular complexity index is 2550. The molecule has 3 N–H and O–H groups in total. The van der Waals surface area contributed by atoms with Crippen molar-refractivity contribution >= 4 is 64.2 Å². The van der Waals surface area contributed by atoms with Gasteiger partial charge in [-0.3, -0.25) is 57.6 Å². The lowest BCUT2D eigenvalue weighted by Gasteiger charge is -2.36. The number of amides is 5. The fourth-order valence-electron chi connectivity index (χ4n) is 12.2. The van der Waals surface area contributed by atoms with E-state index in [0.29, 0.717) is 19.3 Å². The number of Topliss-reactive ketones (excluding diaryl/α,β-unsaturated/α-hetero) is 6. The molecule has 0 aliphatic carbocycles. The third-order valence-electron chi connectivity index (χ3n) is 17.6. The Morgan fingerprint density at radius 1 is 0.584 bits per heavy atom. The lowest BCUT2D eigenvalue weighted by molar-refractivity contribution is -0.149. The lowest BCUT2D eigenvalue weighted by atomic mass is 9.82. The van der Waals surface area contributed by atoms with E-state index >= 15 is 0 Å². The van der Waals surface area contributed by atoms with E-state index in [4.69, 9.17) is 4.74 Å². The largest absolute Gasteiger partial charge is 0.392 e. The predicted molar refractivity (Wildman–Crippen MR) is 347 cm³/mol. The van der Waals surface area contributed by atoms with E-state index in [1.807, 2.05) is 84.9 Å². The molecule has 1 heterocycles. The van der Waals surface area contributed by atoms with Gasteiger partial charge in [0.1, 0.15) is 6.04 Å². The third-order valence-corrected chi connectivity index (χ3v) is 17.6. The summed E-state index contributed by atoms with van der Waals surface area (Å²) in [5.41, 5.74) is 0.807. The number of likely N-dealkylation sites (N-methyl/N-ethyl adjacent to an activating group) is 4. The van der Waals surface area contributed by atoms with Crippen LogP contribution < -0.4 is 10.6 Å². The smallest absolute Gasteiger partial charge is 0.226 e. The number of aliphatic hydroxyl groups excluding tert-OH is 1. The number of rotatable bonds is 17. The number of hydrogen-bond donors (Lipinski definition) is 3. The van der Waals surface area contributed by atoms with E-state index in [1.165, 1.54) is 42.8 Å². The van der Waals surface area contributed by atoms with Crippen molar-refractivity contribution in [1.82, 2.24) is 30.2 Å². The summed E-state index contributed by atoms with van der Waals surface area (Å²) in [7, 11) is 6.11. The van der Waals surface area contributed by atoms with Crippen LogP contribution in [0.5, 0.6) is 0 Å². The molecule has 19 nitrogen and oxygen atoms in total. The minimum absolute atomic E-state index is 0.00915. The highest BCUT2D eigenvalue weighted by Crippen LogP contribution is 2.30. The second-order valence-corrected chi connectivity index (χ2v) is 27.5. The van der Waals surface area contributed by atoms with Crippen LogP contribution in [0.3, 0.4) is 0 Å². The highest BCUT2D eigenvalue weighted by molar-refractivity contribution is 5.99. The first-order chi connectivity index (χ1) is 41.5. The molecule has 502 valence electrons. The molecule has 0 bridgehead atoms. The van der Waals surface area contributed by atoms with Crippen LogP contribution in [0.4, 0.5) is 0 Å². The van der Waals surface area contributed by atoms with E-state index < -0.39 is 149 Å². The van der Waals surface area contributed by atoms with E-state index in [0.717, 1.165) is 5.56 Å². The highest BCUT2D eigenvalue weighted by Gasteiger charge is 2.43. The van der Waals surface area contributed by atoms with Crippen LogP contribution in [0, 0.1) is 59.2 Å². The maximum absolute atomic E-state index is 14.9. The molecule has 1 aromatic rings. The number of nitrogens with one attached hydrogen (secondary N) is 2. The summed E-state index contributed by atoms with van der Waals surface area (Å²) in [6, 6.07) is 2.93. The van der Waals surface area contributed by atoms with Gasteiger partial charge in [0.05, 0.1) is 61.5 Å². The standard InChI is InChI=1S/C70H114N6O13/c1-21-23-27-46(13)66(84)53-38-60(80)64(45(11)12)76(20)69(87)51(32-41(3)4)36-59(79)55(33-42(5)6)73(17)39-62(82)48(15)71-67(85)47(14)35-58(78)56(34-43(7)8)74(18)70(88)52(44(9)10)37-61(81)65(49(16)89-40-50-28-25-24-26-29-50)75(19)63(83)31-30-57(77)54(22-2)72-68(53)86/h21,23-26,28-29,41-49,51-56,64-66,84H,22,27,30-40H2,1-20H3,(H,71,85)(H,72,86)/b23-21+/t46-,47-,48-,49-,51-,52+,53+,54+,55+,56+,64+,65+,66-/m1/s1. The van der Waals surface area contributed by atoms with Crippen LogP contribution in [-0.2, 0) is 64.1 Å². The topological polar surface area (TPSA) is 254 Å². The summed E-state index contributed by atoms with van der Waals surface area (Å²) in [4.78, 5) is 165. The number of ketones is 6. The van der Waals surface area contributed by atoms with Gasteiger partial charge in [-0.1, -0.05) is 132 Å². The zero-order valence-electron chi connectivity index (χ0n) is 57.8. The average molecular weight is 1250 g/mol. The summed E-state index contributed by atoms with van der Waals surface area (Å²) in [6.07, 6.45) is 0.627. The maximum atomic E-state index is 14.9. The van der Waals surface area contributed by atoms with Crippen LogP contribution >= 0.6 is 0 Å². The van der Waals surface area contributed by atoms with Crippen molar-refractivity contribution in [2.75, 3.05) is 34.7 Å². The third kappa shape index (κ3) is 24.7. The Morgan fingerprint density at radius 2 is 1.13 bits per heavy atom. The number of carbonyl (C=O) groups excluding carboxylic acids is 11. The number of carbonyl (C=O) groups is 11. The molecule has 0 aromatic heterocycles. The normalized spacial score (nSPS) is 26.9. The van der Waals surface area contributed by atoms with Gasteiger partial charge in [-0.15, -0.1) is 0 Å². The van der Waals surface area contributed by atoms with E-state index in [1.54, 1.807) is 73.4 Å². The van der Waals surface area contributed by atoms with Crippen molar-refractivity contribution in [2.45, 2.75) is 236 Å². The Balaban J connectivity index is 2.88. The number of aliphatic hydroxyl groups is 1. The maximum Gasteiger partial charge on any atom is 0.226 e. The van der Waals surface area contributed by atoms with Gasteiger partial charge in [0.15, 0.2) is 34.7 Å². The molecule has 13 atom stereocenters. The van der Waals surface area contributed by atoms with Gasteiger partial charge < -0.3 is 35.2 Å². The Hall–Kier alpha value is -5.79. The molecule has 0 unspecified atom stereocenters. The second kappa shape index (κ2) is 38.2. The Morgan fingerprint density at radius 3 is 1.67 bits per heavy atom. The van der Waals surface area contributed by atoms with Gasteiger partial charge in [-0.2, -0.15) is 0 Å². The van der Waals surface area contributed by atoms with Crippen LogP contribution in [0.2, 0.25) is 0 Å². The van der Waals surface area contributed by atoms with Crippen molar-refractivity contribution in [2.24, 2.45) is 59.2 Å². The van der Waals surface area contributed by atoms with Crippen LogP contribution in [0.1, 0.15) is 187 Å². The summed E-state index contributed by atoms with van der Waals surface area (Å²) in [6.45, 7) is 28.6. The molecule has 0 radical (unpaired) electrons. The van der Waals surface area contributed by atoms with Gasteiger partial charge in [0.25, 0.3) is 0 Å². The van der Waals surface area contributed by atoms with Crippen LogP contribution in [0.25, 0.3) is 0 Å². The predicted octanol–water partition coefficient (Wildman–Crippen LogP) is 8.44. The molecule has 1 aliphatic rings. The minimum Gasteiger partial charge on any atom is -0.392 e. The summed E-state index contributed by atoms with van der Waals surface area (Å²) in [5.74, 6) is -11.2. The number of nitrogens with zero attached hydrogens (tertiary/aromatic N) is 4. The molecular weight excluding hydrogens is 1130 g/mol. The quantitative estimate of drug-likeness (QED) is 0.124. The molecule has 89 heavy (non-hydrogen) atoms. The Kier molecular flexibility index (Phi) is 34.0. The van der Waals surface area contributed by atoms with Gasteiger partial charge in [0.2, 0.25) is 29.5 Å². The van der Waals surface area contributed by atoms with Crippen molar-refractivity contribution in [3.63, 3.8) is 0 Å². The number of hydrogen-bond acceptors (Lipinski definition) is 14. The van der Waals surface area contributed by atoms with E-state index in [9.17, 15) is 57.8 Å². The minimum atomic E-state index is -1.38. The zero-order chi connectivity index (χ0) is 67.9. The molecule has 19 heteroatoms. The van der Waals surface area contributed by atoms with Crippen LogP contribution in [0.15, 0.2) is 42.5 Å². The summed E-state index contributed by atoms with van der Waals surface area (Å²) in [5, 5.41) is 17.5. The van der Waals surface area contributed by atoms with Crippen molar-refractivity contribution in [3.05, 3.63) is 48.0 Å². The molecule has 1 saturated heterocycles. The molecule has 0 spiro atoms. The molecule has 0 saturated carbocycles. The first-order valence-electron chi connectivity index (χ1n) is 32.7. The first-order valence-corrected chi connectivity index (χ1v) is 32.7. The van der Waals surface area contributed by atoms with E-state index in [2.05, 4.69) is 10.6 Å². The molecule has 2 rings (SSSR count). The Labute approximate surface area is 533 Å². The van der Waals surface area contributed by atoms with Gasteiger partial charge >= 0.3 is 0 Å². The summed E-state index contributed by atoms with van der Waals surface area (Å²) < 4.78 is 6.29. The number of ether oxygens (including phenoxy) is 1. The average Bonchev–Trinajstić information content (AvgIpc) is 1.65. The molecule has 1 fully saturated rings. The van der Waals surface area contributed by atoms with Gasteiger partial charge in [-0.05, 0) is 101 Å². The molecule has 1 aliphatic heterocycles. The van der Waals surface area contributed by atoms with E-state index in [-0.39, 0.29) is 87.4 Å². The fraction of sp³-hybridized carbons (Fsp3) is 0.729. The van der Waals surface area contributed by atoms with Crippen LogP contribution in [-0.4, -0.2) is 172 Å². The highest BCUT2D eigenvalue weighted by atomic mass is 16.5. The van der Waals surface area contributed by atoms with Gasteiger partial charge in [-0.25, -0.2) is 0 Å². The first kappa shape index (κ1) is 79.3. The van der Waals surface area contributed by atoms with Crippen molar-refractivity contribution in [3.8, 4) is 0 Å². The lowest BCUT2D eigenvalue weighted by Crippen LogP contribution is -2.53. The van der Waals surface area contributed by atoms with Crippen molar-refractivity contribution < 1.29 is 62.6 Å². The second-order valence-electron chi connectivity index (χ2n) is 27.5. The van der Waals surface area contributed by atoms with Crippen molar-refractivity contribution in [1.29, 1.82) is 0 Å². The fourth-order valence-corrected chi connectivity index (χ4v) is 12.2. The molecule has 1 aromatic carbocycles. The number of allylic oxidation sites excluding steroid dienone is 2.